The van der Waals surface area contributed by atoms with E-state index in [1.807, 2.05) is 0 Å². The fraction of sp³-hybridized carbons (Fsp3) is 0.267. The van der Waals surface area contributed by atoms with Crippen LogP contribution in [0.4, 0.5) is 5.69 Å². The monoisotopic (exact) mass is 288 g/mol. The summed E-state index contributed by atoms with van der Waals surface area (Å²) in [7, 11) is 0. The summed E-state index contributed by atoms with van der Waals surface area (Å²) < 4.78 is 0. The molecular formula is C15H16N2O4. The summed E-state index contributed by atoms with van der Waals surface area (Å²) in [6.07, 6.45) is 2.44. The van der Waals surface area contributed by atoms with Crippen LogP contribution in [0, 0.1) is 0 Å². The van der Waals surface area contributed by atoms with E-state index in [1.54, 1.807) is 18.2 Å². The van der Waals surface area contributed by atoms with Crippen LogP contribution in [-0.4, -0.2) is 40.9 Å². The number of aryl methyl sites for hydroxylation is 1. The molecule has 1 aromatic rings. The van der Waals surface area contributed by atoms with Crippen molar-refractivity contribution >= 4 is 23.5 Å². The third-order valence-electron chi connectivity index (χ3n) is 3.21. The molecular weight excluding hydrogens is 272 g/mol. The van der Waals surface area contributed by atoms with Crippen molar-refractivity contribution in [2.45, 2.75) is 12.8 Å². The van der Waals surface area contributed by atoms with Crippen molar-refractivity contribution in [1.82, 2.24) is 4.90 Å². The molecule has 1 aliphatic heterocycles. The Labute approximate surface area is 122 Å². The van der Waals surface area contributed by atoms with Gasteiger partial charge in [-0.2, -0.15) is 0 Å². The Hall–Kier alpha value is -2.63. The third kappa shape index (κ3) is 3.47. The molecule has 0 saturated carbocycles. The molecule has 21 heavy (non-hydrogen) atoms. The van der Waals surface area contributed by atoms with Crippen LogP contribution in [0.1, 0.15) is 22.3 Å². The van der Waals surface area contributed by atoms with Crippen LogP contribution in [0.15, 0.2) is 30.9 Å². The van der Waals surface area contributed by atoms with Gasteiger partial charge >= 0.3 is 5.97 Å². The number of nitrogens with zero attached hydrogens (tertiary/aromatic N) is 1. The van der Waals surface area contributed by atoms with E-state index in [4.69, 9.17) is 5.11 Å². The van der Waals surface area contributed by atoms with E-state index < -0.39 is 5.97 Å². The maximum atomic E-state index is 12.3. The Morgan fingerprint density at radius 1 is 1.38 bits per heavy atom. The lowest BCUT2D eigenvalue weighted by molar-refractivity contribution is -0.137. The van der Waals surface area contributed by atoms with Gasteiger partial charge in [-0.1, -0.05) is 6.08 Å². The van der Waals surface area contributed by atoms with Gasteiger partial charge in [0.2, 0.25) is 5.91 Å². The molecule has 110 valence electrons. The maximum absolute atomic E-state index is 12.3. The van der Waals surface area contributed by atoms with Gasteiger partial charge < -0.3 is 15.3 Å². The average Bonchev–Trinajstić information content (AvgIpc) is 2.45. The fourth-order valence-corrected chi connectivity index (χ4v) is 2.24. The summed E-state index contributed by atoms with van der Waals surface area (Å²) in [6.45, 7) is 3.32. The van der Waals surface area contributed by atoms with Crippen molar-refractivity contribution in [2.75, 3.05) is 18.4 Å². The highest BCUT2D eigenvalue weighted by Crippen LogP contribution is 2.24. The molecule has 1 aliphatic rings. The largest absolute Gasteiger partial charge is 0.480 e. The molecule has 0 spiro atoms. The average molecular weight is 288 g/mol. The van der Waals surface area contributed by atoms with Gasteiger partial charge in [0, 0.05) is 24.2 Å². The minimum absolute atomic E-state index is 0.0410. The van der Waals surface area contributed by atoms with E-state index in [9.17, 15) is 14.4 Å². The highest BCUT2D eigenvalue weighted by atomic mass is 16.4. The second-order valence-corrected chi connectivity index (χ2v) is 4.79. The van der Waals surface area contributed by atoms with Gasteiger partial charge in [-0.3, -0.25) is 14.4 Å². The Morgan fingerprint density at radius 2 is 2.14 bits per heavy atom. The summed E-state index contributed by atoms with van der Waals surface area (Å²) in [5.41, 5.74) is 2.00. The van der Waals surface area contributed by atoms with Crippen LogP contribution in [-0.2, 0) is 16.0 Å². The molecule has 6 nitrogen and oxygen atoms in total. The zero-order chi connectivity index (χ0) is 15.4. The zero-order valence-electron chi connectivity index (χ0n) is 11.5. The van der Waals surface area contributed by atoms with E-state index in [0.29, 0.717) is 24.1 Å². The first-order valence-electron chi connectivity index (χ1n) is 6.56. The van der Waals surface area contributed by atoms with Crippen LogP contribution < -0.4 is 5.32 Å². The van der Waals surface area contributed by atoms with Gasteiger partial charge in [-0.05, 0) is 30.2 Å². The predicted molar refractivity (Wildman–Crippen MR) is 77.1 cm³/mol. The number of carbonyl (C=O) groups is 3. The second-order valence-electron chi connectivity index (χ2n) is 4.79. The molecule has 6 heteroatoms. The predicted octanol–water partition coefficient (Wildman–Crippen LogP) is 1.28. The molecule has 0 aromatic heterocycles. The number of anilines is 1. The lowest BCUT2D eigenvalue weighted by atomic mass is 10.00. The van der Waals surface area contributed by atoms with Crippen LogP contribution in [0.5, 0.6) is 0 Å². The number of hydrogen-bond acceptors (Lipinski definition) is 3. The Balaban J connectivity index is 2.23. The zero-order valence-corrected chi connectivity index (χ0v) is 11.5. The van der Waals surface area contributed by atoms with Gasteiger partial charge in [0.15, 0.2) is 0 Å². The number of carboxylic acids is 1. The number of amides is 2. The lowest BCUT2D eigenvalue weighted by Crippen LogP contribution is -2.35. The van der Waals surface area contributed by atoms with Gasteiger partial charge in [-0.15, -0.1) is 6.58 Å². The van der Waals surface area contributed by atoms with Crippen LogP contribution in [0.3, 0.4) is 0 Å². The van der Waals surface area contributed by atoms with Gasteiger partial charge in [0.25, 0.3) is 5.91 Å². The van der Waals surface area contributed by atoms with Crippen molar-refractivity contribution in [2.24, 2.45) is 0 Å². The molecule has 2 N–H and O–H groups in total. The topological polar surface area (TPSA) is 86.7 Å². The summed E-state index contributed by atoms with van der Waals surface area (Å²) in [4.78, 5) is 35.7. The van der Waals surface area contributed by atoms with E-state index >= 15 is 0 Å². The molecule has 1 aromatic carbocycles. The molecule has 1 heterocycles. The normalized spacial score (nSPS) is 13.0. The number of aliphatic carboxylic acids is 1. The summed E-state index contributed by atoms with van der Waals surface area (Å²) in [5, 5.41) is 11.6. The minimum Gasteiger partial charge on any atom is -0.480 e. The molecule has 0 bridgehead atoms. The molecule has 0 fully saturated rings. The molecule has 0 aliphatic carbocycles. The molecule has 0 atom stereocenters. The first-order chi connectivity index (χ1) is 10.0. The van der Waals surface area contributed by atoms with Crippen LogP contribution in [0.2, 0.25) is 0 Å². The van der Waals surface area contributed by atoms with Gasteiger partial charge in [0.05, 0.1) is 0 Å². The Kier molecular flexibility index (Phi) is 4.37. The van der Waals surface area contributed by atoms with E-state index in [2.05, 4.69) is 11.9 Å². The van der Waals surface area contributed by atoms with E-state index in [1.165, 1.54) is 11.0 Å². The standard InChI is InChI=1S/C15H16N2O4/c1-2-7-17(9-14(19)20)15(21)11-3-5-12-10(8-11)4-6-13(18)16-12/h2-3,5,8H,1,4,6-7,9H2,(H,16,18)(H,19,20). The van der Waals surface area contributed by atoms with Crippen molar-refractivity contribution in [3.63, 3.8) is 0 Å². The fourth-order valence-electron chi connectivity index (χ4n) is 2.24. The minimum atomic E-state index is -1.07. The molecule has 0 unspecified atom stereocenters. The van der Waals surface area contributed by atoms with Crippen molar-refractivity contribution in [1.29, 1.82) is 0 Å². The summed E-state index contributed by atoms with van der Waals surface area (Å²) in [6, 6.07) is 4.96. The summed E-state index contributed by atoms with van der Waals surface area (Å²) in [5.74, 6) is -1.48. The summed E-state index contributed by atoms with van der Waals surface area (Å²) >= 11 is 0. The van der Waals surface area contributed by atoms with Gasteiger partial charge in [-0.25, -0.2) is 0 Å². The molecule has 2 amide bonds. The first kappa shape index (κ1) is 14.8. The maximum Gasteiger partial charge on any atom is 0.323 e. The molecule has 2 rings (SSSR count). The number of carbonyl (C=O) groups excluding carboxylic acids is 2. The van der Waals surface area contributed by atoms with Gasteiger partial charge in [0.1, 0.15) is 6.54 Å². The van der Waals surface area contributed by atoms with Crippen molar-refractivity contribution in [3.8, 4) is 0 Å². The SMILES string of the molecule is C=CCN(CC(=O)O)C(=O)c1ccc2c(c1)CCC(=O)N2. The van der Waals surface area contributed by atoms with E-state index in [-0.39, 0.29) is 24.9 Å². The highest BCUT2D eigenvalue weighted by Gasteiger charge is 2.20. The number of nitrogens with one attached hydrogen (secondary N) is 1. The molecule has 0 radical (unpaired) electrons. The number of carboxylic acid groups (broad SMARTS) is 1. The highest BCUT2D eigenvalue weighted by molar-refractivity contribution is 5.98. The number of benzene rings is 1. The van der Waals surface area contributed by atoms with Crippen molar-refractivity contribution < 1.29 is 19.5 Å². The third-order valence-corrected chi connectivity index (χ3v) is 3.21. The smallest absolute Gasteiger partial charge is 0.323 e. The number of rotatable bonds is 5. The second kappa shape index (κ2) is 6.21. The number of hydrogen-bond donors (Lipinski definition) is 2. The number of fused-ring (bicyclic) bond motifs is 1. The van der Waals surface area contributed by atoms with Crippen molar-refractivity contribution in [3.05, 3.63) is 42.0 Å². The van der Waals surface area contributed by atoms with Crippen LogP contribution >= 0.6 is 0 Å². The van der Waals surface area contributed by atoms with Crippen LogP contribution in [0.25, 0.3) is 0 Å². The Morgan fingerprint density at radius 3 is 2.81 bits per heavy atom. The quantitative estimate of drug-likeness (QED) is 0.799. The molecule has 0 saturated heterocycles. The first-order valence-corrected chi connectivity index (χ1v) is 6.56. The Bertz CT molecular complexity index is 610. The lowest BCUT2D eigenvalue weighted by Gasteiger charge is -2.21. The van der Waals surface area contributed by atoms with E-state index in [0.717, 1.165) is 5.56 Å².